The van der Waals surface area contributed by atoms with Crippen molar-refractivity contribution in [3.8, 4) is 0 Å². The van der Waals surface area contributed by atoms with E-state index in [1.807, 2.05) is 24.3 Å². The molecule has 2 aliphatic rings. The van der Waals surface area contributed by atoms with Crippen LogP contribution in [0.4, 0.5) is 0 Å². The molecule has 4 rings (SSSR count). The van der Waals surface area contributed by atoms with Crippen LogP contribution in [0.5, 0.6) is 0 Å². The van der Waals surface area contributed by atoms with E-state index in [2.05, 4.69) is 16.8 Å². The Labute approximate surface area is 150 Å². The highest BCUT2D eigenvalue weighted by atomic mass is 16.5. The minimum Gasteiger partial charge on any atom is -0.440 e. The summed E-state index contributed by atoms with van der Waals surface area (Å²) in [6.45, 7) is 6.52. The van der Waals surface area contributed by atoms with Gasteiger partial charge in [0, 0.05) is 12.5 Å². The minimum atomic E-state index is 0.461. The van der Waals surface area contributed by atoms with Gasteiger partial charge in [0.05, 0.1) is 12.7 Å². The van der Waals surface area contributed by atoms with E-state index in [1.165, 1.54) is 25.7 Å². The third-order valence-corrected chi connectivity index (χ3v) is 6.02. The predicted octanol–water partition coefficient (Wildman–Crippen LogP) is 4.60. The van der Waals surface area contributed by atoms with E-state index < -0.39 is 0 Å². The molecule has 1 saturated heterocycles. The van der Waals surface area contributed by atoms with Crippen molar-refractivity contribution in [3.63, 3.8) is 0 Å². The van der Waals surface area contributed by atoms with Crippen LogP contribution in [0.15, 0.2) is 28.7 Å². The van der Waals surface area contributed by atoms with Gasteiger partial charge in [0.25, 0.3) is 0 Å². The lowest BCUT2D eigenvalue weighted by atomic mass is 9.88. The molecule has 1 aromatic heterocycles. The average Bonchev–Trinajstić information content (AvgIpc) is 3.08. The molecule has 2 fully saturated rings. The van der Waals surface area contributed by atoms with Crippen LogP contribution in [-0.2, 0) is 4.74 Å². The molecule has 25 heavy (non-hydrogen) atoms. The molecular weight excluding hydrogens is 312 g/mol. The molecule has 0 unspecified atom stereocenters. The van der Waals surface area contributed by atoms with Crippen molar-refractivity contribution < 1.29 is 9.15 Å². The molecule has 1 saturated carbocycles. The molecule has 1 aromatic carbocycles. The van der Waals surface area contributed by atoms with Crippen molar-refractivity contribution >= 4 is 11.1 Å². The molecule has 136 valence electrons. The summed E-state index contributed by atoms with van der Waals surface area (Å²) in [5, 5.41) is 0. The van der Waals surface area contributed by atoms with Crippen molar-refractivity contribution in [2.45, 2.75) is 57.5 Å². The lowest BCUT2D eigenvalue weighted by Gasteiger charge is -2.32. The maximum absolute atomic E-state index is 6.18. The average molecular weight is 342 g/mol. The van der Waals surface area contributed by atoms with Crippen LogP contribution in [0.25, 0.3) is 11.1 Å². The maximum Gasteiger partial charge on any atom is 0.198 e. The second-order valence-electron chi connectivity index (χ2n) is 7.81. The van der Waals surface area contributed by atoms with Crippen LogP contribution in [-0.4, -0.2) is 42.2 Å². The molecule has 1 aliphatic carbocycles. The molecule has 1 aliphatic heterocycles. The Morgan fingerprint density at radius 2 is 1.92 bits per heavy atom. The summed E-state index contributed by atoms with van der Waals surface area (Å²) in [5.41, 5.74) is 1.89. The molecule has 4 nitrogen and oxygen atoms in total. The summed E-state index contributed by atoms with van der Waals surface area (Å²) < 4.78 is 12.1. The monoisotopic (exact) mass is 342 g/mol. The van der Waals surface area contributed by atoms with E-state index >= 15 is 0 Å². The molecule has 0 bridgehead atoms. The van der Waals surface area contributed by atoms with Crippen LogP contribution in [0.2, 0.25) is 0 Å². The Kier molecular flexibility index (Phi) is 5.37. The highest BCUT2D eigenvalue weighted by Crippen LogP contribution is 2.30. The fraction of sp³-hybridized carbons (Fsp3) is 0.667. The molecule has 4 heteroatoms. The molecule has 2 heterocycles. The van der Waals surface area contributed by atoms with E-state index in [4.69, 9.17) is 9.15 Å². The van der Waals surface area contributed by atoms with E-state index in [-0.39, 0.29) is 0 Å². The summed E-state index contributed by atoms with van der Waals surface area (Å²) in [6, 6.07) is 8.06. The Bertz CT molecular complexity index is 642. The largest absolute Gasteiger partial charge is 0.440 e. The highest BCUT2D eigenvalue weighted by Gasteiger charge is 2.25. The molecule has 0 radical (unpaired) electrons. The third-order valence-electron chi connectivity index (χ3n) is 6.02. The van der Waals surface area contributed by atoms with Crippen molar-refractivity contribution in [1.82, 2.24) is 9.88 Å². The third kappa shape index (κ3) is 4.06. The number of fused-ring (bicyclic) bond motifs is 1. The SMILES string of the molecule is C[C@@H]1CCCC[C@@H]1OCCN1CCC(c2nc3ccccc3o2)CC1. The predicted molar refractivity (Wildman–Crippen MR) is 99.8 cm³/mol. The van der Waals surface area contributed by atoms with Crippen molar-refractivity contribution in [1.29, 1.82) is 0 Å². The zero-order valence-corrected chi connectivity index (χ0v) is 15.3. The van der Waals surface area contributed by atoms with Gasteiger partial charge >= 0.3 is 0 Å². The van der Waals surface area contributed by atoms with Gasteiger partial charge in [-0.3, -0.25) is 0 Å². The number of hydrogen-bond acceptors (Lipinski definition) is 4. The van der Waals surface area contributed by atoms with Gasteiger partial charge in [0.1, 0.15) is 5.52 Å². The van der Waals surface area contributed by atoms with Gasteiger partial charge < -0.3 is 14.1 Å². The maximum atomic E-state index is 6.18. The van der Waals surface area contributed by atoms with Crippen LogP contribution >= 0.6 is 0 Å². The summed E-state index contributed by atoms with van der Waals surface area (Å²) in [6.07, 6.45) is 8.06. The molecular formula is C21H30N2O2. The number of likely N-dealkylation sites (tertiary alicyclic amines) is 1. The first-order valence-corrected chi connectivity index (χ1v) is 9.99. The highest BCUT2D eigenvalue weighted by molar-refractivity contribution is 5.72. The van der Waals surface area contributed by atoms with E-state index in [1.54, 1.807) is 0 Å². The minimum absolute atomic E-state index is 0.461. The van der Waals surface area contributed by atoms with Crippen LogP contribution in [0, 0.1) is 5.92 Å². The number of para-hydroxylation sites is 2. The molecule has 2 aromatic rings. The number of piperidine rings is 1. The molecule has 0 N–H and O–H groups in total. The van der Waals surface area contributed by atoms with Crippen LogP contribution < -0.4 is 0 Å². The lowest BCUT2D eigenvalue weighted by Crippen LogP contribution is -2.37. The first-order valence-electron chi connectivity index (χ1n) is 9.99. The summed E-state index contributed by atoms with van der Waals surface area (Å²) in [7, 11) is 0. The van der Waals surface area contributed by atoms with Crippen molar-refractivity contribution in [3.05, 3.63) is 30.2 Å². The normalized spacial score (nSPS) is 26.3. The van der Waals surface area contributed by atoms with Crippen LogP contribution in [0.1, 0.15) is 57.3 Å². The molecule has 0 spiro atoms. The number of nitrogens with zero attached hydrogens (tertiary/aromatic N) is 2. The number of aromatic nitrogens is 1. The van der Waals surface area contributed by atoms with E-state index in [0.717, 1.165) is 62.0 Å². The lowest BCUT2D eigenvalue weighted by molar-refractivity contribution is -0.0158. The molecule has 0 amide bonds. The Balaban J connectivity index is 1.23. The number of benzene rings is 1. The number of ether oxygens (including phenoxy) is 1. The Morgan fingerprint density at radius 1 is 1.12 bits per heavy atom. The van der Waals surface area contributed by atoms with Crippen LogP contribution in [0.3, 0.4) is 0 Å². The first-order chi connectivity index (χ1) is 12.3. The van der Waals surface area contributed by atoms with Gasteiger partial charge in [-0.1, -0.05) is 31.9 Å². The van der Waals surface area contributed by atoms with Gasteiger partial charge in [-0.15, -0.1) is 0 Å². The summed E-state index contributed by atoms with van der Waals surface area (Å²) in [5.74, 6) is 2.12. The topological polar surface area (TPSA) is 38.5 Å². The fourth-order valence-corrected chi connectivity index (χ4v) is 4.33. The van der Waals surface area contributed by atoms with Gasteiger partial charge in [-0.2, -0.15) is 0 Å². The van der Waals surface area contributed by atoms with E-state index in [0.29, 0.717) is 12.0 Å². The smallest absolute Gasteiger partial charge is 0.198 e. The number of rotatable bonds is 5. The zero-order chi connectivity index (χ0) is 17.1. The zero-order valence-electron chi connectivity index (χ0n) is 15.3. The molecule has 2 atom stereocenters. The second-order valence-corrected chi connectivity index (χ2v) is 7.81. The second kappa shape index (κ2) is 7.88. The number of oxazole rings is 1. The van der Waals surface area contributed by atoms with Gasteiger partial charge in [-0.05, 0) is 56.8 Å². The van der Waals surface area contributed by atoms with Gasteiger partial charge in [-0.25, -0.2) is 4.98 Å². The van der Waals surface area contributed by atoms with Gasteiger partial charge in [0.2, 0.25) is 0 Å². The Hall–Kier alpha value is -1.39. The number of hydrogen-bond donors (Lipinski definition) is 0. The summed E-state index contributed by atoms with van der Waals surface area (Å²) >= 11 is 0. The first kappa shape index (κ1) is 17.0. The quantitative estimate of drug-likeness (QED) is 0.796. The standard InChI is InChI=1S/C21H30N2O2/c1-16-6-2-4-8-19(16)24-15-14-23-12-10-17(11-13-23)21-22-18-7-3-5-9-20(18)25-21/h3,5,7,9,16-17,19H,2,4,6,8,10-15H2,1H3/t16-,19+/m1/s1. The van der Waals surface area contributed by atoms with Crippen molar-refractivity contribution in [2.75, 3.05) is 26.2 Å². The fourth-order valence-electron chi connectivity index (χ4n) is 4.33. The van der Waals surface area contributed by atoms with Crippen molar-refractivity contribution in [2.24, 2.45) is 5.92 Å². The Morgan fingerprint density at radius 3 is 2.72 bits per heavy atom. The summed E-state index contributed by atoms with van der Waals surface area (Å²) in [4.78, 5) is 7.22. The van der Waals surface area contributed by atoms with E-state index in [9.17, 15) is 0 Å². The van der Waals surface area contributed by atoms with Gasteiger partial charge in [0.15, 0.2) is 11.5 Å².